The summed E-state index contributed by atoms with van der Waals surface area (Å²) in [6.45, 7) is 8.73. The number of rotatable bonds is 14. The number of hydrogen-bond acceptors (Lipinski definition) is 2. The molecule has 0 aliphatic heterocycles. The van der Waals surface area contributed by atoms with Crippen molar-refractivity contribution in [1.82, 2.24) is 0 Å². The van der Waals surface area contributed by atoms with Crippen molar-refractivity contribution >= 4 is 11.9 Å². The molecule has 0 radical (unpaired) electrons. The topological polar surface area (TPSA) is 74.6 Å². The molecular formula is C24H38O4. The van der Waals surface area contributed by atoms with Crippen LogP contribution in [0.15, 0.2) is 12.1 Å². The van der Waals surface area contributed by atoms with Gasteiger partial charge < -0.3 is 10.2 Å². The lowest BCUT2D eigenvalue weighted by Crippen LogP contribution is -2.15. The molecule has 4 nitrogen and oxygen atoms in total. The molecule has 0 heterocycles. The van der Waals surface area contributed by atoms with Gasteiger partial charge in [-0.2, -0.15) is 0 Å². The molecule has 0 aliphatic carbocycles. The molecule has 0 aromatic heterocycles. The summed E-state index contributed by atoms with van der Waals surface area (Å²) in [4.78, 5) is 23.6. The van der Waals surface area contributed by atoms with Crippen LogP contribution in [0, 0.1) is 11.8 Å². The highest BCUT2D eigenvalue weighted by Crippen LogP contribution is 2.28. The van der Waals surface area contributed by atoms with Gasteiger partial charge in [0.2, 0.25) is 0 Å². The smallest absolute Gasteiger partial charge is 0.336 e. The fraction of sp³-hybridized carbons (Fsp3) is 0.667. The van der Waals surface area contributed by atoms with Crippen molar-refractivity contribution in [3.8, 4) is 0 Å². The monoisotopic (exact) mass is 390 g/mol. The number of carbonyl (C=O) groups is 2. The van der Waals surface area contributed by atoms with Gasteiger partial charge in [-0.3, -0.25) is 0 Å². The molecule has 158 valence electrons. The van der Waals surface area contributed by atoms with Gasteiger partial charge in [0, 0.05) is 0 Å². The summed E-state index contributed by atoms with van der Waals surface area (Å²) >= 11 is 0. The first-order valence-electron chi connectivity index (χ1n) is 11.0. The van der Waals surface area contributed by atoms with E-state index >= 15 is 0 Å². The molecule has 0 fully saturated rings. The standard InChI is InChI=1S/C24H38O4/c1-5-9-17(7-3)11-13-19-14-16-21(23(25)26)22(24(27)28)20(19)15-12-18(8-4)10-6-2/h14,16-18H,5-13,15H2,1-4H3,(H,25,26)(H,27,28). The molecule has 2 N–H and O–H groups in total. The molecule has 4 heteroatoms. The van der Waals surface area contributed by atoms with Crippen molar-refractivity contribution in [2.45, 2.75) is 91.9 Å². The minimum atomic E-state index is -1.16. The van der Waals surface area contributed by atoms with Crippen LogP contribution in [0.3, 0.4) is 0 Å². The molecule has 0 bridgehead atoms. The first-order chi connectivity index (χ1) is 13.4. The number of carboxylic acids is 2. The van der Waals surface area contributed by atoms with E-state index < -0.39 is 11.9 Å². The summed E-state index contributed by atoms with van der Waals surface area (Å²) in [5.41, 5.74) is 1.67. The van der Waals surface area contributed by atoms with E-state index in [9.17, 15) is 19.8 Å². The Kier molecular flexibility index (Phi) is 10.9. The molecule has 0 saturated heterocycles. The molecule has 1 aromatic carbocycles. The molecule has 0 saturated carbocycles. The van der Waals surface area contributed by atoms with Crippen molar-refractivity contribution in [1.29, 1.82) is 0 Å². The first-order valence-corrected chi connectivity index (χ1v) is 11.0. The largest absolute Gasteiger partial charge is 0.478 e. The summed E-state index contributed by atoms with van der Waals surface area (Å²) in [6.07, 6.45) is 10.2. The zero-order valence-electron chi connectivity index (χ0n) is 18.1. The van der Waals surface area contributed by atoms with Gasteiger partial charge in [0.05, 0.1) is 11.1 Å². The average Bonchev–Trinajstić information content (AvgIpc) is 2.67. The highest BCUT2D eigenvalue weighted by Gasteiger charge is 2.23. The molecular weight excluding hydrogens is 352 g/mol. The molecule has 1 rings (SSSR count). The van der Waals surface area contributed by atoms with Crippen LogP contribution in [0.4, 0.5) is 0 Å². The second kappa shape index (κ2) is 12.6. The van der Waals surface area contributed by atoms with Crippen LogP contribution in [-0.2, 0) is 12.8 Å². The third-order valence-corrected chi connectivity index (χ3v) is 6.03. The predicted octanol–water partition coefficient (Wildman–Crippen LogP) is 6.60. The third-order valence-electron chi connectivity index (χ3n) is 6.03. The van der Waals surface area contributed by atoms with Crippen molar-refractivity contribution in [3.63, 3.8) is 0 Å². The predicted molar refractivity (Wildman–Crippen MR) is 114 cm³/mol. The van der Waals surface area contributed by atoms with Crippen molar-refractivity contribution < 1.29 is 19.8 Å². The van der Waals surface area contributed by atoms with Gasteiger partial charge in [0.25, 0.3) is 0 Å². The molecule has 2 unspecified atom stereocenters. The highest BCUT2D eigenvalue weighted by atomic mass is 16.4. The fourth-order valence-electron chi connectivity index (χ4n) is 4.26. The highest BCUT2D eigenvalue weighted by molar-refractivity contribution is 6.03. The van der Waals surface area contributed by atoms with Gasteiger partial charge in [-0.1, -0.05) is 72.3 Å². The molecule has 2 atom stereocenters. The van der Waals surface area contributed by atoms with Gasteiger partial charge in [-0.05, 0) is 54.7 Å². The Bertz CT molecular complexity index is 636. The van der Waals surface area contributed by atoms with Gasteiger partial charge >= 0.3 is 11.9 Å². The number of benzene rings is 1. The second-order valence-corrected chi connectivity index (χ2v) is 7.94. The van der Waals surface area contributed by atoms with Crippen LogP contribution in [0.1, 0.15) is 111 Å². The lowest BCUT2D eigenvalue weighted by molar-refractivity contribution is 0.0650. The van der Waals surface area contributed by atoms with Crippen molar-refractivity contribution in [2.75, 3.05) is 0 Å². The number of aromatic carboxylic acids is 2. The Balaban J connectivity index is 3.23. The lowest BCUT2D eigenvalue weighted by Gasteiger charge is -2.20. The number of hydrogen-bond donors (Lipinski definition) is 2. The maximum atomic E-state index is 12.0. The first kappa shape index (κ1) is 24.2. The van der Waals surface area contributed by atoms with Gasteiger partial charge in [0.1, 0.15) is 0 Å². The average molecular weight is 391 g/mol. The van der Waals surface area contributed by atoms with E-state index in [-0.39, 0.29) is 11.1 Å². The van der Waals surface area contributed by atoms with Crippen LogP contribution < -0.4 is 0 Å². The normalized spacial score (nSPS) is 13.3. The van der Waals surface area contributed by atoms with E-state index in [1.165, 1.54) is 12.5 Å². The Labute approximate surface area is 170 Å². The van der Waals surface area contributed by atoms with E-state index in [2.05, 4.69) is 27.7 Å². The fourth-order valence-corrected chi connectivity index (χ4v) is 4.26. The van der Waals surface area contributed by atoms with E-state index in [0.717, 1.165) is 62.5 Å². The van der Waals surface area contributed by atoms with Crippen LogP contribution in [0.2, 0.25) is 0 Å². The van der Waals surface area contributed by atoms with Crippen molar-refractivity contribution in [2.24, 2.45) is 11.8 Å². The SMILES string of the molecule is CCCC(CC)CCc1ccc(C(=O)O)c(C(=O)O)c1CCC(CC)CCC. The quantitative estimate of drug-likeness (QED) is 0.375. The second-order valence-electron chi connectivity index (χ2n) is 7.94. The molecule has 0 spiro atoms. The van der Waals surface area contributed by atoms with E-state index in [4.69, 9.17) is 0 Å². The Hall–Kier alpha value is -1.84. The number of aryl methyl sites for hydroxylation is 1. The third kappa shape index (κ3) is 6.96. The van der Waals surface area contributed by atoms with E-state index in [1.807, 2.05) is 6.07 Å². The van der Waals surface area contributed by atoms with E-state index in [0.29, 0.717) is 18.3 Å². The van der Waals surface area contributed by atoms with Gasteiger partial charge in [0.15, 0.2) is 0 Å². The maximum absolute atomic E-state index is 12.0. The summed E-state index contributed by atoms with van der Waals surface area (Å²) < 4.78 is 0. The lowest BCUT2D eigenvalue weighted by atomic mass is 9.85. The van der Waals surface area contributed by atoms with Gasteiger partial charge in [-0.15, -0.1) is 0 Å². The zero-order valence-corrected chi connectivity index (χ0v) is 18.1. The summed E-state index contributed by atoms with van der Waals surface area (Å²) in [5.74, 6) is -1.10. The van der Waals surface area contributed by atoms with Gasteiger partial charge in [-0.25, -0.2) is 9.59 Å². The molecule has 0 amide bonds. The molecule has 1 aromatic rings. The van der Waals surface area contributed by atoms with E-state index in [1.54, 1.807) is 0 Å². The van der Waals surface area contributed by atoms with Crippen LogP contribution >= 0.6 is 0 Å². The summed E-state index contributed by atoms with van der Waals surface area (Å²) in [7, 11) is 0. The van der Waals surface area contributed by atoms with Crippen LogP contribution in [0.5, 0.6) is 0 Å². The van der Waals surface area contributed by atoms with Crippen LogP contribution in [-0.4, -0.2) is 22.2 Å². The van der Waals surface area contributed by atoms with Crippen molar-refractivity contribution in [3.05, 3.63) is 34.4 Å². The maximum Gasteiger partial charge on any atom is 0.336 e. The minimum absolute atomic E-state index is 0.000100. The molecule has 0 aliphatic rings. The molecule has 28 heavy (non-hydrogen) atoms. The number of carboxylic acid groups (broad SMARTS) is 2. The summed E-state index contributed by atoms with van der Waals surface area (Å²) in [5, 5.41) is 19.3. The Morgan fingerprint density at radius 3 is 1.75 bits per heavy atom. The Morgan fingerprint density at radius 1 is 0.786 bits per heavy atom. The minimum Gasteiger partial charge on any atom is -0.478 e. The zero-order chi connectivity index (χ0) is 21.1. The summed E-state index contributed by atoms with van der Waals surface area (Å²) in [6, 6.07) is 3.33. The van der Waals surface area contributed by atoms with Crippen LogP contribution in [0.25, 0.3) is 0 Å². The Morgan fingerprint density at radius 2 is 1.32 bits per heavy atom.